The monoisotopic (exact) mass is 283 g/mol. The van der Waals surface area contributed by atoms with Crippen molar-refractivity contribution in [2.75, 3.05) is 13.1 Å². The van der Waals surface area contributed by atoms with Gasteiger partial charge in [0.15, 0.2) is 0 Å². The number of hydrogen-bond acceptors (Lipinski definition) is 3. The molecular weight excluding hydrogens is 254 g/mol. The Morgan fingerprint density at radius 2 is 2.10 bits per heavy atom. The zero-order valence-corrected chi connectivity index (χ0v) is 13.0. The predicted molar refractivity (Wildman–Crippen MR) is 80.1 cm³/mol. The molecule has 1 rings (SSSR count). The highest BCUT2D eigenvalue weighted by molar-refractivity contribution is 5.79. The van der Waals surface area contributed by atoms with Crippen LogP contribution in [-0.4, -0.2) is 41.9 Å². The second-order valence-corrected chi connectivity index (χ2v) is 5.79. The van der Waals surface area contributed by atoms with E-state index in [1.165, 1.54) is 0 Å². The first kappa shape index (κ1) is 17.0. The van der Waals surface area contributed by atoms with Gasteiger partial charge in [0.2, 0.25) is 11.8 Å². The summed E-state index contributed by atoms with van der Waals surface area (Å²) in [5.74, 6) is 0.276. The molecule has 0 aliphatic carbocycles. The lowest BCUT2D eigenvalue weighted by molar-refractivity contribution is -0.131. The average molecular weight is 283 g/mol. The minimum absolute atomic E-state index is 0.138. The van der Waals surface area contributed by atoms with Gasteiger partial charge in [-0.05, 0) is 18.8 Å². The Kier molecular flexibility index (Phi) is 6.99. The fourth-order valence-electron chi connectivity index (χ4n) is 2.93. The minimum Gasteiger partial charge on any atom is -0.368 e. The first-order valence-corrected chi connectivity index (χ1v) is 7.80. The third-order valence-electron chi connectivity index (χ3n) is 4.31. The van der Waals surface area contributed by atoms with Crippen LogP contribution in [0.1, 0.15) is 52.9 Å². The van der Waals surface area contributed by atoms with Crippen LogP contribution in [0.2, 0.25) is 0 Å². The number of nitrogens with zero attached hydrogens (tertiary/aromatic N) is 1. The van der Waals surface area contributed by atoms with Crippen molar-refractivity contribution in [1.82, 2.24) is 10.2 Å². The van der Waals surface area contributed by atoms with Crippen molar-refractivity contribution in [2.45, 2.75) is 65.0 Å². The van der Waals surface area contributed by atoms with Gasteiger partial charge in [-0.25, -0.2) is 0 Å². The maximum absolute atomic E-state index is 11.5. The summed E-state index contributed by atoms with van der Waals surface area (Å²) in [6.45, 7) is 7.41. The number of rotatable bonds is 7. The zero-order valence-electron chi connectivity index (χ0n) is 13.0. The van der Waals surface area contributed by atoms with Gasteiger partial charge in [-0.2, -0.15) is 0 Å². The van der Waals surface area contributed by atoms with E-state index in [4.69, 9.17) is 5.73 Å². The van der Waals surface area contributed by atoms with Crippen LogP contribution in [0.15, 0.2) is 0 Å². The largest absolute Gasteiger partial charge is 0.368 e. The molecule has 0 saturated carbocycles. The SMILES string of the molecule is CCCC[C@H](N[C@@H]1CCN(C(C)=O)C[C@@H]1CC)C(N)=O. The molecule has 1 aliphatic rings. The van der Waals surface area contributed by atoms with Gasteiger partial charge < -0.3 is 16.0 Å². The molecule has 0 aromatic carbocycles. The van der Waals surface area contributed by atoms with Crippen molar-refractivity contribution in [3.8, 4) is 0 Å². The molecule has 0 aromatic rings. The molecule has 1 aliphatic heterocycles. The molecule has 116 valence electrons. The van der Waals surface area contributed by atoms with Crippen molar-refractivity contribution in [2.24, 2.45) is 11.7 Å². The van der Waals surface area contributed by atoms with E-state index in [0.717, 1.165) is 45.2 Å². The van der Waals surface area contributed by atoms with Gasteiger partial charge in [-0.15, -0.1) is 0 Å². The van der Waals surface area contributed by atoms with Crippen LogP contribution < -0.4 is 11.1 Å². The Bertz CT molecular complexity index is 333. The van der Waals surface area contributed by atoms with E-state index in [1.807, 2.05) is 4.90 Å². The predicted octanol–water partition coefficient (Wildman–Crippen LogP) is 1.27. The standard InChI is InChI=1S/C15H29N3O2/c1-4-6-7-14(15(16)20)17-13-8-9-18(11(3)19)10-12(13)5-2/h12-14,17H,4-10H2,1-3H3,(H2,16,20)/t12-,13+,14-/m0/s1. The summed E-state index contributed by atoms with van der Waals surface area (Å²) in [5, 5.41) is 3.44. The average Bonchev–Trinajstić information content (AvgIpc) is 2.42. The zero-order chi connectivity index (χ0) is 15.1. The van der Waals surface area contributed by atoms with Crippen LogP contribution >= 0.6 is 0 Å². The molecule has 0 bridgehead atoms. The van der Waals surface area contributed by atoms with E-state index in [9.17, 15) is 9.59 Å². The van der Waals surface area contributed by atoms with E-state index in [2.05, 4.69) is 19.2 Å². The molecular formula is C15H29N3O2. The second-order valence-electron chi connectivity index (χ2n) is 5.79. The number of carbonyl (C=O) groups excluding carboxylic acids is 2. The quantitative estimate of drug-likeness (QED) is 0.739. The fraction of sp³-hybridized carbons (Fsp3) is 0.867. The van der Waals surface area contributed by atoms with Gasteiger partial charge in [-0.3, -0.25) is 9.59 Å². The van der Waals surface area contributed by atoms with Crippen molar-refractivity contribution in [3.05, 3.63) is 0 Å². The molecule has 0 radical (unpaired) electrons. The molecule has 0 aromatic heterocycles. The number of primary amides is 1. The van der Waals surface area contributed by atoms with Crippen LogP contribution in [0.4, 0.5) is 0 Å². The fourth-order valence-corrected chi connectivity index (χ4v) is 2.93. The normalized spacial score (nSPS) is 24.4. The molecule has 5 heteroatoms. The summed E-state index contributed by atoms with van der Waals surface area (Å²) in [4.78, 5) is 24.9. The number of hydrogen-bond donors (Lipinski definition) is 2. The smallest absolute Gasteiger partial charge is 0.234 e. The lowest BCUT2D eigenvalue weighted by atomic mass is 9.89. The van der Waals surface area contributed by atoms with Gasteiger partial charge in [0.05, 0.1) is 6.04 Å². The molecule has 1 heterocycles. The molecule has 3 N–H and O–H groups in total. The van der Waals surface area contributed by atoms with E-state index >= 15 is 0 Å². The van der Waals surface area contributed by atoms with Crippen LogP contribution in [0.5, 0.6) is 0 Å². The van der Waals surface area contributed by atoms with Crippen molar-refractivity contribution < 1.29 is 9.59 Å². The number of likely N-dealkylation sites (tertiary alicyclic amines) is 1. The molecule has 3 atom stereocenters. The molecule has 2 amide bonds. The van der Waals surface area contributed by atoms with E-state index in [-0.39, 0.29) is 23.9 Å². The van der Waals surface area contributed by atoms with Crippen LogP contribution in [0.25, 0.3) is 0 Å². The lowest BCUT2D eigenvalue weighted by Gasteiger charge is -2.39. The highest BCUT2D eigenvalue weighted by Gasteiger charge is 2.31. The third-order valence-corrected chi connectivity index (χ3v) is 4.31. The Morgan fingerprint density at radius 1 is 1.40 bits per heavy atom. The Balaban J connectivity index is 2.60. The molecule has 1 saturated heterocycles. The van der Waals surface area contributed by atoms with Crippen LogP contribution in [-0.2, 0) is 9.59 Å². The third kappa shape index (κ3) is 4.78. The highest BCUT2D eigenvalue weighted by Crippen LogP contribution is 2.21. The number of piperidine rings is 1. The highest BCUT2D eigenvalue weighted by atomic mass is 16.2. The van der Waals surface area contributed by atoms with E-state index < -0.39 is 0 Å². The Hall–Kier alpha value is -1.10. The first-order chi connectivity index (χ1) is 9.49. The van der Waals surface area contributed by atoms with Gasteiger partial charge in [0.25, 0.3) is 0 Å². The van der Waals surface area contributed by atoms with Crippen molar-refractivity contribution in [1.29, 1.82) is 0 Å². The Morgan fingerprint density at radius 3 is 2.60 bits per heavy atom. The summed E-state index contributed by atoms with van der Waals surface area (Å²) in [7, 11) is 0. The second kappa shape index (κ2) is 8.25. The van der Waals surface area contributed by atoms with Gasteiger partial charge in [0, 0.05) is 26.1 Å². The molecule has 5 nitrogen and oxygen atoms in total. The van der Waals surface area contributed by atoms with Crippen LogP contribution in [0, 0.1) is 5.92 Å². The summed E-state index contributed by atoms with van der Waals surface area (Å²) in [5.41, 5.74) is 5.49. The minimum atomic E-state index is -0.262. The number of nitrogens with one attached hydrogen (secondary N) is 1. The van der Waals surface area contributed by atoms with Crippen LogP contribution in [0.3, 0.4) is 0 Å². The summed E-state index contributed by atoms with van der Waals surface area (Å²) in [6, 6.07) is 0.0443. The number of nitrogens with two attached hydrogens (primary N) is 1. The lowest BCUT2D eigenvalue weighted by Crippen LogP contribution is -2.55. The summed E-state index contributed by atoms with van der Waals surface area (Å²) >= 11 is 0. The maximum atomic E-state index is 11.5. The van der Waals surface area contributed by atoms with Gasteiger partial charge in [0.1, 0.15) is 0 Å². The van der Waals surface area contributed by atoms with Gasteiger partial charge in [-0.1, -0.05) is 33.1 Å². The summed E-state index contributed by atoms with van der Waals surface area (Å²) in [6.07, 6.45) is 4.76. The first-order valence-electron chi connectivity index (χ1n) is 7.80. The van der Waals surface area contributed by atoms with E-state index in [1.54, 1.807) is 6.92 Å². The molecule has 1 fully saturated rings. The van der Waals surface area contributed by atoms with Crippen molar-refractivity contribution in [3.63, 3.8) is 0 Å². The molecule has 20 heavy (non-hydrogen) atoms. The van der Waals surface area contributed by atoms with E-state index in [0.29, 0.717) is 5.92 Å². The molecule has 0 unspecified atom stereocenters. The molecule has 0 spiro atoms. The number of carbonyl (C=O) groups is 2. The topological polar surface area (TPSA) is 75.4 Å². The maximum Gasteiger partial charge on any atom is 0.234 e. The summed E-state index contributed by atoms with van der Waals surface area (Å²) < 4.78 is 0. The number of amides is 2. The van der Waals surface area contributed by atoms with Crippen molar-refractivity contribution >= 4 is 11.8 Å². The Labute approximate surface area is 122 Å². The number of unbranched alkanes of at least 4 members (excludes halogenated alkanes) is 1. The van der Waals surface area contributed by atoms with Gasteiger partial charge >= 0.3 is 0 Å².